The van der Waals surface area contributed by atoms with Gasteiger partial charge < -0.3 is 0 Å². The van der Waals surface area contributed by atoms with E-state index >= 15 is 0 Å². The molecule has 0 spiro atoms. The van der Waals surface area contributed by atoms with Gasteiger partial charge in [-0.2, -0.15) is 0 Å². The molecule has 0 atom stereocenters. The van der Waals surface area contributed by atoms with E-state index in [2.05, 4.69) is 0 Å². The van der Waals surface area contributed by atoms with Crippen molar-refractivity contribution in [2.45, 2.75) is 6.92 Å². The first-order chi connectivity index (χ1) is 3.10. The van der Waals surface area contributed by atoms with Crippen molar-refractivity contribution in [1.29, 1.82) is 0 Å². The van der Waals surface area contributed by atoms with Gasteiger partial charge in [0.15, 0.2) is 9.84 Å². The van der Waals surface area contributed by atoms with Crippen molar-refractivity contribution in [3.8, 4) is 0 Å². The minimum Gasteiger partial charge on any atom is -0.229 e. The summed E-state index contributed by atoms with van der Waals surface area (Å²) in [5.74, 6) is 1.74. The molecule has 1 rings (SSSR count). The zero-order valence-corrected chi connectivity index (χ0v) is 4.96. The highest BCUT2D eigenvalue weighted by Gasteiger charge is 2.29. The minimum absolute atomic E-state index is 0.326. The summed E-state index contributed by atoms with van der Waals surface area (Å²) in [6.07, 6.45) is 0. The molecule has 1 fully saturated rings. The maximum absolute atomic E-state index is 10.3. The van der Waals surface area contributed by atoms with E-state index in [9.17, 15) is 8.42 Å². The van der Waals surface area contributed by atoms with Crippen molar-refractivity contribution in [3.63, 3.8) is 0 Å². The smallest absolute Gasteiger partial charge is 0.151 e. The molecule has 1 saturated heterocycles. The highest BCUT2D eigenvalue weighted by atomic mass is 32.2. The number of rotatable bonds is 0. The summed E-state index contributed by atoms with van der Waals surface area (Å²) in [4.78, 5) is 0. The van der Waals surface area contributed by atoms with Crippen LogP contribution in [0.3, 0.4) is 0 Å². The molecule has 0 saturated carbocycles. The Morgan fingerprint density at radius 2 is 1.86 bits per heavy atom. The average Bonchev–Trinajstić information content (AvgIpc) is 1.27. The summed E-state index contributed by atoms with van der Waals surface area (Å²) < 4.78 is 20.6. The van der Waals surface area contributed by atoms with E-state index in [1.54, 1.807) is 0 Å². The molecule has 0 unspecified atom stereocenters. The largest absolute Gasteiger partial charge is 0.229 e. The highest BCUT2D eigenvalue weighted by Crippen LogP contribution is 2.18. The van der Waals surface area contributed by atoms with Gasteiger partial charge in [-0.05, 0) is 0 Å². The Bertz CT molecular complexity index is 145. The second-order valence-corrected chi connectivity index (χ2v) is 4.05. The van der Waals surface area contributed by atoms with Crippen LogP contribution in [0.25, 0.3) is 0 Å². The van der Waals surface area contributed by atoms with Crippen LogP contribution in [0.15, 0.2) is 0 Å². The fraction of sp³-hybridized carbons (Fsp3) is 0.750. The molecule has 0 aromatic heterocycles. The van der Waals surface area contributed by atoms with Crippen LogP contribution in [-0.2, 0) is 9.84 Å². The molecule has 1 aliphatic rings. The molecule has 0 aliphatic carbocycles. The van der Waals surface area contributed by atoms with Crippen molar-refractivity contribution in [2.75, 3.05) is 11.5 Å². The maximum atomic E-state index is 10.3. The van der Waals surface area contributed by atoms with Gasteiger partial charge in [0.05, 0.1) is 11.5 Å². The van der Waals surface area contributed by atoms with Crippen molar-refractivity contribution in [2.24, 2.45) is 0 Å². The monoisotopic (exact) mass is 119 g/mol. The Morgan fingerprint density at radius 3 is 1.86 bits per heavy atom. The normalized spacial score (nSPS) is 29.3. The van der Waals surface area contributed by atoms with Crippen molar-refractivity contribution < 1.29 is 8.42 Å². The summed E-state index contributed by atoms with van der Waals surface area (Å²) in [5, 5.41) is 0. The van der Waals surface area contributed by atoms with Crippen molar-refractivity contribution >= 4 is 9.84 Å². The lowest BCUT2D eigenvalue weighted by Crippen LogP contribution is -2.31. The Kier molecular flexibility index (Phi) is 0.885. The summed E-state index contributed by atoms with van der Waals surface area (Å²) in [7, 11) is -2.57. The summed E-state index contributed by atoms with van der Waals surface area (Å²) in [6, 6.07) is 0. The van der Waals surface area contributed by atoms with Crippen molar-refractivity contribution in [3.05, 3.63) is 5.92 Å². The van der Waals surface area contributed by atoms with Crippen LogP contribution in [-0.4, -0.2) is 19.9 Å². The van der Waals surface area contributed by atoms with E-state index in [-0.39, 0.29) is 0 Å². The highest BCUT2D eigenvalue weighted by molar-refractivity contribution is 7.93. The van der Waals surface area contributed by atoms with Crippen LogP contribution >= 0.6 is 0 Å². The van der Waals surface area contributed by atoms with Crippen LogP contribution in [0.5, 0.6) is 0 Å². The molecular weight excluding hydrogens is 112 g/mol. The molecular formula is C4H7O2S. The SMILES string of the molecule is C[C]1CS(=O)(=O)C1. The molecule has 0 aromatic carbocycles. The van der Waals surface area contributed by atoms with Gasteiger partial charge in [-0.15, -0.1) is 0 Å². The summed E-state index contributed by atoms with van der Waals surface area (Å²) in [5.41, 5.74) is 0. The van der Waals surface area contributed by atoms with E-state index in [0.29, 0.717) is 11.5 Å². The average molecular weight is 119 g/mol. The van der Waals surface area contributed by atoms with Crippen LogP contribution < -0.4 is 0 Å². The quantitative estimate of drug-likeness (QED) is 0.450. The van der Waals surface area contributed by atoms with Gasteiger partial charge >= 0.3 is 0 Å². The van der Waals surface area contributed by atoms with Gasteiger partial charge in [0.2, 0.25) is 0 Å². The molecule has 0 amide bonds. The van der Waals surface area contributed by atoms with E-state index < -0.39 is 9.84 Å². The predicted octanol–water partition coefficient (Wildman–Crippen LogP) is 0.00919. The standard InChI is InChI=1S/C4H7O2S/c1-4-2-7(5,6)3-4/h2-3H2,1H3. The third-order valence-corrected chi connectivity index (χ3v) is 2.80. The van der Waals surface area contributed by atoms with Crippen molar-refractivity contribution in [1.82, 2.24) is 0 Å². The summed E-state index contributed by atoms with van der Waals surface area (Å²) >= 11 is 0. The van der Waals surface area contributed by atoms with Crippen LogP contribution in [0.1, 0.15) is 6.92 Å². The topological polar surface area (TPSA) is 34.1 Å². The predicted molar refractivity (Wildman–Crippen MR) is 27.6 cm³/mol. The Hall–Kier alpha value is -0.0500. The van der Waals surface area contributed by atoms with Gasteiger partial charge in [0.25, 0.3) is 0 Å². The maximum Gasteiger partial charge on any atom is 0.151 e. The molecule has 41 valence electrons. The third-order valence-electron chi connectivity index (χ3n) is 0.933. The number of sulfone groups is 1. The second-order valence-electron chi connectivity index (χ2n) is 1.99. The first-order valence-electron chi connectivity index (χ1n) is 2.12. The fourth-order valence-electron chi connectivity index (χ4n) is 0.709. The summed E-state index contributed by atoms with van der Waals surface area (Å²) in [6.45, 7) is 1.86. The molecule has 1 aliphatic heterocycles. The van der Waals surface area contributed by atoms with Gasteiger partial charge in [-0.1, -0.05) is 6.92 Å². The fourth-order valence-corrected chi connectivity index (χ4v) is 2.13. The zero-order valence-electron chi connectivity index (χ0n) is 4.14. The zero-order chi connectivity index (χ0) is 5.49. The molecule has 1 heterocycles. The lowest BCUT2D eigenvalue weighted by Gasteiger charge is -2.19. The minimum atomic E-state index is -2.57. The van der Waals surface area contributed by atoms with E-state index in [0.717, 1.165) is 5.92 Å². The van der Waals surface area contributed by atoms with Gasteiger partial charge in [-0.3, -0.25) is 0 Å². The molecule has 3 heteroatoms. The Labute approximate surface area is 43.5 Å². The molecule has 0 bridgehead atoms. The third kappa shape index (κ3) is 0.938. The van der Waals surface area contributed by atoms with E-state index in [4.69, 9.17) is 0 Å². The molecule has 7 heavy (non-hydrogen) atoms. The van der Waals surface area contributed by atoms with E-state index in [1.807, 2.05) is 6.92 Å². The van der Waals surface area contributed by atoms with E-state index in [1.165, 1.54) is 0 Å². The first-order valence-corrected chi connectivity index (χ1v) is 3.94. The lowest BCUT2D eigenvalue weighted by atomic mass is 10.2. The first kappa shape index (κ1) is 5.09. The second kappa shape index (κ2) is 1.22. The molecule has 2 nitrogen and oxygen atoms in total. The van der Waals surface area contributed by atoms with Crippen LogP contribution in [0.2, 0.25) is 0 Å². The Balaban J connectivity index is 2.61. The lowest BCUT2D eigenvalue weighted by molar-refractivity contribution is 0.585. The van der Waals surface area contributed by atoms with Gasteiger partial charge in [-0.25, -0.2) is 8.42 Å². The molecule has 0 N–H and O–H groups in total. The Morgan fingerprint density at radius 1 is 1.43 bits per heavy atom. The number of hydrogen-bond donors (Lipinski definition) is 0. The molecule has 1 radical (unpaired) electrons. The van der Waals surface area contributed by atoms with Crippen LogP contribution in [0, 0.1) is 5.92 Å². The van der Waals surface area contributed by atoms with Gasteiger partial charge in [0, 0.05) is 5.92 Å². The molecule has 0 aromatic rings. The number of hydrogen-bond acceptors (Lipinski definition) is 2. The van der Waals surface area contributed by atoms with Gasteiger partial charge in [0.1, 0.15) is 0 Å². The van der Waals surface area contributed by atoms with Crippen LogP contribution in [0.4, 0.5) is 0 Å².